The zero-order valence-electron chi connectivity index (χ0n) is 24.1. The van der Waals surface area contributed by atoms with Gasteiger partial charge in [0.15, 0.2) is 5.16 Å². The maximum absolute atomic E-state index is 10.0. The van der Waals surface area contributed by atoms with E-state index in [1.165, 1.54) is 11.8 Å². The lowest BCUT2D eigenvalue weighted by Crippen LogP contribution is -2.37. The number of ether oxygens (including phenoxy) is 3. The SMILES string of the molecule is Cn1ccnc1Sc1ccc(Nc2c(C#N)cnc3cc(N4CCOCC4)c(OCCCN4CCOCC4)cc23)cc1Cl. The molecule has 0 aliphatic carbocycles. The number of fused-ring (bicyclic) bond motifs is 1. The summed E-state index contributed by atoms with van der Waals surface area (Å²) in [6, 6.07) is 12.1. The van der Waals surface area contributed by atoms with Gasteiger partial charge in [-0.2, -0.15) is 5.26 Å². The number of rotatable bonds is 10. The number of benzene rings is 2. The van der Waals surface area contributed by atoms with Crippen LogP contribution < -0.4 is 15.0 Å². The Balaban J connectivity index is 1.29. The molecule has 4 heterocycles. The van der Waals surface area contributed by atoms with Gasteiger partial charge in [0.2, 0.25) is 0 Å². The molecule has 0 saturated carbocycles. The normalized spacial score (nSPS) is 15.9. The van der Waals surface area contributed by atoms with E-state index in [-0.39, 0.29) is 0 Å². The first-order valence-corrected chi connectivity index (χ1v) is 15.6. The fraction of sp³-hybridized carbons (Fsp3) is 0.387. The van der Waals surface area contributed by atoms with Crippen molar-refractivity contribution in [3.8, 4) is 11.8 Å². The summed E-state index contributed by atoms with van der Waals surface area (Å²) in [5.74, 6) is 0.774. The fourth-order valence-corrected chi connectivity index (χ4v) is 6.35. The van der Waals surface area contributed by atoms with Gasteiger partial charge in [0, 0.05) is 74.3 Å². The molecule has 0 bridgehead atoms. The van der Waals surface area contributed by atoms with Gasteiger partial charge in [-0.25, -0.2) is 4.98 Å². The van der Waals surface area contributed by atoms with Crippen molar-refractivity contribution in [2.45, 2.75) is 16.5 Å². The zero-order valence-corrected chi connectivity index (χ0v) is 25.7. The molecule has 0 radical (unpaired) electrons. The number of hydrogen-bond acceptors (Lipinski definition) is 10. The molecule has 0 unspecified atom stereocenters. The summed E-state index contributed by atoms with van der Waals surface area (Å²) in [5.41, 5.74) is 3.64. The standard InChI is InChI=1S/C31H34ClN7O3S/c1-37-7-5-34-31(37)43-29-4-3-23(17-25(29)32)36-30-22(20-33)21-35-26-19-27(39-10-15-41-16-11-39)28(18-24(26)30)42-12-2-6-38-8-13-40-14-9-38/h3-5,7,17-19,21H,2,6,8-16H2,1H3,(H,35,36). The van der Waals surface area contributed by atoms with E-state index < -0.39 is 0 Å². The summed E-state index contributed by atoms with van der Waals surface area (Å²) >= 11 is 8.19. The van der Waals surface area contributed by atoms with Crippen molar-refractivity contribution in [1.29, 1.82) is 5.26 Å². The first-order valence-electron chi connectivity index (χ1n) is 14.4. The lowest BCUT2D eigenvalue weighted by Gasteiger charge is -2.31. The molecule has 4 aromatic rings. The van der Waals surface area contributed by atoms with Gasteiger partial charge in [-0.05, 0) is 36.8 Å². The zero-order chi connectivity index (χ0) is 29.6. The Hall–Kier alpha value is -3.53. The Morgan fingerprint density at radius 2 is 1.86 bits per heavy atom. The second-order valence-electron chi connectivity index (χ2n) is 10.4. The van der Waals surface area contributed by atoms with Crippen LogP contribution in [0.15, 0.2) is 59.0 Å². The highest BCUT2D eigenvalue weighted by molar-refractivity contribution is 7.99. The molecule has 2 fully saturated rings. The summed E-state index contributed by atoms with van der Waals surface area (Å²) in [6.07, 6.45) is 6.18. The number of pyridine rings is 1. The average molecular weight is 620 g/mol. The number of aromatic nitrogens is 3. The van der Waals surface area contributed by atoms with Gasteiger partial charge in [0.05, 0.1) is 60.5 Å². The monoisotopic (exact) mass is 619 g/mol. The number of aryl methyl sites for hydroxylation is 1. The third-order valence-corrected chi connectivity index (χ3v) is 9.16. The molecule has 2 saturated heterocycles. The van der Waals surface area contributed by atoms with Gasteiger partial charge in [0.25, 0.3) is 0 Å². The van der Waals surface area contributed by atoms with Crippen molar-refractivity contribution in [3.63, 3.8) is 0 Å². The molecule has 2 aromatic carbocycles. The van der Waals surface area contributed by atoms with Crippen LogP contribution >= 0.6 is 23.4 Å². The lowest BCUT2D eigenvalue weighted by atomic mass is 10.1. The van der Waals surface area contributed by atoms with Gasteiger partial charge in [-0.15, -0.1) is 0 Å². The smallest absolute Gasteiger partial charge is 0.172 e. The van der Waals surface area contributed by atoms with E-state index in [1.807, 2.05) is 42.1 Å². The molecule has 224 valence electrons. The predicted octanol–water partition coefficient (Wildman–Crippen LogP) is 5.33. The quantitative estimate of drug-likeness (QED) is 0.235. The number of halogens is 1. The highest BCUT2D eigenvalue weighted by atomic mass is 35.5. The summed E-state index contributed by atoms with van der Waals surface area (Å²) in [5, 5.41) is 15.7. The highest BCUT2D eigenvalue weighted by Gasteiger charge is 2.20. The van der Waals surface area contributed by atoms with E-state index in [2.05, 4.69) is 37.2 Å². The molecule has 0 amide bonds. The van der Waals surface area contributed by atoms with Gasteiger partial charge in [-0.3, -0.25) is 9.88 Å². The van der Waals surface area contributed by atoms with Crippen molar-refractivity contribution in [3.05, 3.63) is 59.5 Å². The second-order valence-corrected chi connectivity index (χ2v) is 11.9. The van der Waals surface area contributed by atoms with Crippen LogP contribution in [-0.4, -0.2) is 85.2 Å². The third-order valence-electron chi connectivity index (χ3n) is 7.58. The Bertz CT molecular complexity index is 1610. The lowest BCUT2D eigenvalue weighted by molar-refractivity contribution is 0.0358. The topological polar surface area (TPSA) is 101 Å². The summed E-state index contributed by atoms with van der Waals surface area (Å²) < 4.78 is 19.5. The van der Waals surface area contributed by atoms with Gasteiger partial charge >= 0.3 is 0 Å². The number of nitrogens with one attached hydrogen (secondary N) is 1. The van der Waals surface area contributed by atoms with Gasteiger partial charge in [-0.1, -0.05) is 23.4 Å². The van der Waals surface area contributed by atoms with Crippen LogP contribution in [0, 0.1) is 11.3 Å². The van der Waals surface area contributed by atoms with Crippen LogP contribution in [0.1, 0.15) is 12.0 Å². The van der Waals surface area contributed by atoms with Crippen LogP contribution in [0.4, 0.5) is 17.1 Å². The maximum Gasteiger partial charge on any atom is 0.172 e. The Kier molecular flexibility index (Phi) is 9.51. The summed E-state index contributed by atoms with van der Waals surface area (Å²) in [4.78, 5) is 14.6. The molecular weight excluding hydrogens is 586 g/mol. The number of morpholine rings is 2. The van der Waals surface area contributed by atoms with E-state index >= 15 is 0 Å². The molecule has 1 N–H and O–H groups in total. The number of imidazole rings is 1. The van der Waals surface area contributed by atoms with Crippen molar-refractivity contribution in [2.24, 2.45) is 7.05 Å². The third kappa shape index (κ3) is 7.00. The number of hydrogen-bond donors (Lipinski definition) is 1. The first-order chi connectivity index (χ1) is 21.1. The fourth-order valence-electron chi connectivity index (χ4n) is 5.24. The average Bonchev–Trinajstić information content (AvgIpc) is 3.45. The Morgan fingerprint density at radius 3 is 2.58 bits per heavy atom. The molecular formula is C31H34ClN7O3S. The predicted molar refractivity (Wildman–Crippen MR) is 169 cm³/mol. The largest absolute Gasteiger partial charge is 0.491 e. The van der Waals surface area contributed by atoms with E-state index in [4.69, 9.17) is 25.8 Å². The maximum atomic E-state index is 10.0. The van der Waals surface area contributed by atoms with E-state index in [1.54, 1.807) is 12.4 Å². The van der Waals surface area contributed by atoms with Crippen LogP contribution in [0.2, 0.25) is 5.02 Å². The first kappa shape index (κ1) is 29.5. The van der Waals surface area contributed by atoms with Crippen molar-refractivity contribution in [2.75, 3.05) is 76.0 Å². The minimum absolute atomic E-state index is 0.437. The molecule has 2 aliphatic heterocycles. The number of nitrogens with zero attached hydrogens (tertiary/aromatic N) is 6. The molecule has 0 spiro atoms. The molecule has 43 heavy (non-hydrogen) atoms. The van der Waals surface area contributed by atoms with Crippen LogP contribution in [0.25, 0.3) is 10.9 Å². The van der Waals surface area contributed by atoms with Crippen LogP contribution in [0.3, 0.4) is 0 Å². The number of nitriles is 1. The minimum Gasteiger partial charge on any atom is -0.491 e. The molecule has 0 atom stereocenters. The van der Waals surface area contributed by atoms with E-state index in [0.717, 1.165) is 90.4 Å². The highest BCUT2D eigenvalue weighted by Crippen LogP contribution is 2.39. The minimum atomic E-state index is 0.437. The van der Waals surface area contributed by atoms with Gasteiger partial charge in [0.1, 0.15) is 11.8 Å². The number of anilines is 3. The Labute approximate surface area is 260 Å². The molecule has 2 aliphatic rings. The van der Waals surface area contributed by atoms with Crippen LogP contribution in [0.5, 0.6) is 5.75 Å². The molecule has 2 aromatic heterocycles. The van der Waals surface area contributed by atoms with E-state index in [0.29, 0.717) is 36.1 Å². The molecule has 10 nitrogen and oxygen atoms in total. The van der Waals surface area contributed by atoms with E-state index in [9.17, 15) is 5.26 Å². The van der Waals surface area contributed by atoms with Gasteiger partial charge < -0.3 is 29.0 Å². The van der Waals surface area contributed by atoms with Crippen molar-refractivity contribution >= 4 is 51.3 Å². The second kappa shape index (κ2) is 13.8. The summed E-state index contributed by atoms with van der Waals surface area (Å²) in [6.45, 7) is 7.91. The van der Waals surface area contributed by atoms with Crippen LogP contribution in [-0.2, 0) is 16.5 Å². The molecule has 12 heteroatoms. The summed E-state index contributed by atoms with van der Waals surface area (Å²) in [7, 11) is 1.95. The van der Waals surface area contributed by atoms with Crippen molar-refractivity contribution < 1.29 is 14.2 Å². The Morgan fingerprint density at radius 1 is 1.07 bits per heavy atom. The van der Waals surface area contributed by atoms with Crippen molar-refractivity contribution in [1.82, 2.24) is 19.4 Å². The molecule has 6 rings (SSSR count).